The highest BCUT2D eigenvalue weighted by Crippen LogP contribution is 2.33. The Morgan fingerprint density at radius 2 is 2.00 bits per heavy atom. The van der Waals surface area contributed by atoms with Crippen LogP contribution >= 0.6 is 0 Å². The van der Waals surface area contributed by atoms with Gasteiger partial charge in [-0.3, -0.25) is 9.59 Å². The van der Waals surface area contributed by atoms with Gasteiger partial charge in [-0.25, -0.2) is 4.39 Å². The number of nitrogens with one attached hydrogen (secondary N) is 1. The minimum atomic E-state index is -0.942. The largest absolute Gasteiger partial charge is 0.484 e. The summed E-state index contributed by atoms with van der Waals surface area (Å²) in [5.74, 6) is -0.902. The third-order valence-electron chi connectivity index (χ3n) is 5.20. The van der Waals surface area contributed by atoms with Gasteiger partial charge in [0.2, 0.25) is 0 Å². The first-order valence-electron chi connectivity index (χ1n) is 9.50. The van der Waals surface area contributed by atoms with Gasteiger partial charge in [0.25, 0.3) is 5.91 Å². The van der Waals surface area contributed by atoms with E-state index in [1.54, 1.807) is 22.8 Å². The maximum absolute atomic E-state index is 13.8. The van der Waals surface area contributed by atoms with Crippen LogP contribution in [-0.4, -0.2) is 34.2 Å². The minimum Gasteiger partial charge on any atom is -0.484 e. The fraction of sp³-hybridized carbons (Fsp3) is 0.273. The average molecular weight is 396 g/mol. The Morgan fingerprint density at radius 3 is 2.76 bits per heavy atom. The van der Waals surface area contributed by atoms with Gasteiger partial charge in [-0.2, -0.15) is 0 Å². The zero-order chi connectivity index (χ0) is 20.4. The zero-order valence-electron chi connectivity index (χ0n) is 15.7. The van der Waals surface area contributed by atoms with Gasteiger partial charge in [-0.05, 0) is 55.2 Å². The number of carbonyl (C=O) groups excluding carboxylic acids is 1. The van der Waals surface area contributed by atoms with Gasteiger partial charge < -0.3 is 19.7 Å². The summed E-state index contributed by atoms with van der Waals surface area (Å²) in [6, 6.07) is 13.4. The molecule has 1 aromatic heterocycles. The normalized spacial score (nSPS) is 15.7. The summed E-state index contributed by atoms with van der Waals surface area (Å²) < 4.78 is 21.1. The first-order valence-corrected chi connectivity index (χ1v) is 9.50. The van der Waals surface area contributed by atoms with Crippen LogP contribution in [0.1, 0.15) is 17.7 Å². The molecule has 1 aliphatic carbocycles. The molecule has 1 heterocycles. The zero-order valence-corrected chi connectivity index (χ0v) is 15.7. The number of nitrogens with zero attached hydrogens (tertiary/aromatic N) is 1. The number of ether oxygens (including phenoxy) is 1. The molecule has 6 nitrogen and oxygen atoms in total. The fourth-order valence-corrected chi connectivity index (χ4v) is 4.00. The molecule has 3 aromatic rings. The predicted octanol–water partition coefficient (Wildman–Crippen LogP) is 2.92. The fourth-order valence-electron chi connectivity index (χ4n) is 4.00. The van der Waals surface area contributed by atoms with E-state index in [9.17, 15) is 19.1 Å². The van der Waals surface area contributed by atoms with Gasteiger partial charge in [0.15, 0.2) is 6.61 Å². The number of hydrogen-bond donors (Lipinski definition) is 2. The molecule has 0 unspecified atom stereocenters. The molecule has 0 saturated heterocycles. The molecule has 0 spiro atoms. The van der Waals surface area contributed by atoms with Crippen LogP contribution < -0.4 is 10.1 Å². The maximum Gasteiger partial charge on any atom is 0.323 e. The highest BCUT2D eigenvalue weighted by atomic mass is 19.1. The van der Waals surface area contributed by atoms with Crippen LogP contribution in [0.3, 0.4) is 0 Å². The number of carbonyl (C=O) groups is 2. The van der Waals surface area contributed by atoms with Crippen LogP contribution in [0.4, 0.5) is 4.39 Å². The summed E-state index contributed by atoms with van der Waals surface area (Å²) >= 11 is 0. The molecule has 2 aromatic carbocycles. The quantitative estimate of drug-likeness (QED) is 0.671. The van der Waals surface area contributed by atoms with E-state index in [0.29, 0.717) is 35.9 Å². The summed E-state index contributed by atoms with van der Waals surface area (Å²) in [5.41, 5.74) is 2.51. The van der Waals surface area contributed by atoms with Crippen LogP contribution in [0.2, 0.25) is 0 Å². The van der Waals surface area contributed by atoms with Crippen molar-refractivity contribution in [2.75, 3.05) is 6.61 Å². The lowest BCUT2D eigenvalue weighted by atomic mass is 9.91. The van der Waals surface area contributed by atoms with E-state index in [-0.39, 0.29) is 30.9 Å². The Bertz CT molecular complexity index is 1060. The van der Waals surface area contributed by atoms with Crippen molar-refractivity contribution in [1.29, 1.82) is 0 Å². The van der Waals surface area contributed by atoms with Crippen molar-refractivity contribution in [1.82, 2.24) is 9.88 Å². The number of benzene rings is 2. The lowest BCUT2D eigenvalue weighted by molar-refractivity contribution is -0.137. The number of aliphatic carboxylic acids is 1. The van der Waals surface area contributed by atoms with Crippen molar-refractivity contribution in [2.45, 2.75) is 31.8 Å². The standard InChI is InChI=1S/C22H21FN2O4/c23-14-6-8-19-17(10-14)18-11-15(7-9-20(18)25(19)12-22(27)28)24-21(26)13-29-16-4-2-1-3-5-16/h1-6,8,10,15H,7,9,11-13H2,(H,24,26)(H,27,28)/t15-/m1/s1. The molecule has 0 saturated carbocycles. The minimum absolute atomic E-state index is 0.0806. The number of halogens is 1. The number of aromatic nitrogens is 1. The molecule has 1 aliphatic rings. The number of para-hydroxylation sites is 1. The van der Waals surface area contributed by atoms with E-state index in [1.807, 2.05) is 18.2 Å². The topological polar surface area (TPSA) is 80.6 Å². The smallest absolute Gasteiger partial charge is 0.323 e. The molecule has 150 valence electrons. The molecule has 29 heavy (non-hydrogen) atoms. The lowest BCUT2D eigenvalue weighted by Crippen LogP contribution is -2.41. The van der Waals surface area contributed by atoms with Gasteiger partial charge in [-0.1, -0.05) is 18.2 Å². The van der Waals surface area contributed by atoms with Crippen molar-refractivity contribution in [3.8, 4) is 5.75 Å². The lowest BCUT2D eigenvalue weighted by Gasteiger charge is -2.25. The second kappa shape index (κ2) is 7.95. The summed E-state index contributed by atoms with van der Waals surface area (Å²) in [6.45, 7) is -0.248. The van der Waals surface area contributed by atoms with Crippen molar-refractivity contribution in [2.24, 2.45) is 0 Å². The Kier molecular flexibility index (Phi) is 5.20. The highest BCUT2D eigenvalue weighted by Gasteiger charge is 2.27. The number of hydrogen-bond acceptors (Lipinski definition) is 3. The highest BCUT2D eigenvalue weighted by molar-refractivity contribution is 5.87. The van der Waals surface area contributed by atoms with Crippen molar-refractivity contribution >= 4 is 22.8 Å². The molecule has 1 atom stereocenters. The number of rotatable bonds is 6. The van der Waals surface area contributed by atoms with Crippen molar-refractivity contribution in [3.63, 3.8) is 0 Å². The molecule has 0 fully saturated rings. The SMILES string of the molecule is O=C(O)Cn1c2c(c3cc(F)ccc31)C[C@H](NC(=O)COc1ccccc1)CC2. The van der Waals surface area contributed by atoms with Crippen LogP contribution in [0.15, 0.2) is 48.5 Å². The predicted molar refractivity (Wildman–Crippen MR) is 105 cm³/mol. The van der Waals surface area contributed by atoms with E-state index in [1.165, 1.54) is 12.1 Å². The number of fused-ring (bicyclic) bond motifs is 3. The van der Waals surface area contributed by atoms with Gasteiger partial charge in [0, 0.05) is 22.6 Å². The summed E-state index contributed by atoms with van der Waals surface area (Å²) in [4.78, 5) is 23.6. The van der Waals surface area contributed by atoms with E-state index in [2.05, 4.69) is 5.32 Å². The van der Waals surface area contributed by atoms with Crippen molar-refractivity contribution in [3.05, 3.63) is 65.6 Å². The Balaban J connectivity index is 1.50. The first kappa shape index (κ1) is 19.0. The monoisotopic (exact) mass is 396 g/mol. The van der Waals surface area contributed by atoms with E-state index in [0.717, 1.165) is 11.3 Å². The molecular formula is C22H21FN2O4. The van der Waals surface area contributed by atoms with Crippen molar-refractivity contribution < 1.29 is 23.8 Å². The second-order valence-corrected chi connectivity index (χ2v) is 7.18. The van der Waals surface area contributed by atoms with Gasteiger partial charge in [0.05, 0.1) is 0 Å². The van der Waals surface area contributed by atoms with E-state index < -0.39 is 5.97 Å². The summed E-state index contributed by atoms with van der Waals surface area (Å²) in [6.07, 6.45) is 1.82. The summed E-state index contributed by atoms with van der Waals surface area (Å²) in [5, 5.41) is 12.9. The molecule has 7 heteroatoms. The number of carboxylic acid groups (broad SMARTS) is 1. The van der Waals surface area contributed by atoms with Gasteiger partial charge >= 0.3 is 5.97 Å². The van der Waals surface area contributed by atoms with Crippen LogP contribution in [0.5, 0.6) is 5.75 Å². The Hall–Kier alpha value is -3.35. The second-order valence-electron chi connectivity index (χ2n) is 7.18. The third kappa shape index (κ3) is 4.08. The van der Waals surface area contributed by atoms with Gasteiger partial charge in [-0.15, -0.1) is 0 Å². The Labute approximate surface area is 166 Å². The van der Waals surface area contributed by atoms with Gasteiger partial charge in [0.1, 0.15) is 18.1 Å². The maximum atomic E-state index is 13.8. The third-order valence-corrected chi connectivity index (χ3v) is 5.20. The molecule has 4 rings (SSSR count). The molecular weight excluding hydrogens is 375 g/mol. The number of amides is 1. The average Bonchev–Trinajstić information content (AvgIpc) is 2.99. The van der Waals surface area contributed by atoms with Crippen LogP contribution in [0, 0.1) is 5.82 Å². The molecule has 0 radical (unpaired) electrons. The molecule has 0 bridgehead atoms. The summed E-state index contributed by atoms with van der Waals surface area (Å²) in [7, 11) is 0. The van der Waals surface area contributed by atoms with E-state index >= 15 is 0 Å². The Morgan fingerprint density at radius 1 is 1.21 bits per heavy atom. The van der Waals surface area contributed by atoms with Crippen LogP contribution in [0.25, 0.3) is 10.9 Å². The molecule has 0 aliphatic heterocycles. The molecule has 1 amide bonds. The number of carboxylic acids is 1. The van der Waals surface area contributed by atoms with E-state index in [4.69, 9.17) is 4.74 Å². The molecule has 2 N–H and O–H groups in total. The van der Waals surface area contributed by atoms with Crippen LogP contribution in [-0.2, 0) is 29.0 Å². The first-order chi connectivity index (χ1) is 14.0.